The first-order valence-corrected chi connectivity index (χ1v) is 7.19. The van der Waals surface area contributed by atoms with Gasteiger partial charge in [-0.3, -0.25) is 0 Å². The van der Waals surface area contributed by atoms with E-state index in [1.54, 1.807) is 19.2 Å². The van der Waals surface area contributed by atoms with E-state index in [9.17, 15) is 0 Å². The molecule has 106 valence electrons. The summed E-state index contributed by atoms with van der Waals surface area (Å²) < 4.78 is 5.20. The summed E-state index contributed by atoms with van der Waals surface area (Å²) >= 11 is 18.0. The minimum Gasteiger partial charge on any atom is -0.495 e. The molecule has 0 aliphatic rings. The van der Waals surface area contributed by atoms with Crippen molar-refractivity contribution in [1.29, 1.82) is 0 Å². The Morgan fingerprint density at radius 3 is 2.30 bits per heavy atom. The van der Waals surface area contributed by atoms with Crippen LogP contribution in [0.1, 0.15) is 18.5 Å². The fraction of sp³-hybridized carbons (Fsp3) is 0.200. The summed E-state index contributed by atoms with van der Waals surface area (Å²) in [7, 11) is 1.59. The van der Waals surface area contributed by atoms with E-state index in [0.717, 1.165) is 11.3 Å². The maximum absolute atomic E-state index is 6.03. The maximum Gasteiger partial charge on any atom is 0.139 e. The number of ether oxygens (including phenoxy) is 1. The van der Waals surface area contributed by atoms with Gasteiger partial charge in [-0.1, -0.05) is 40.9 Å². The highest BCUT2D eigenvalue weighted by molar-refractivity contribution is 6.42. The molecular formula is C15H14Cl3NO. The number of hydrogen-bond donors (Lipinski definition) is 1. The van der Waals surface area contributed by atoms with Gasteiger partial charge in [0.15, 0.2) is 0 Å². The predicted molar refractivity (Wildman–Crippen MR) is 86.5 cm³/mol. The Morgan fingerprint density at radius 2 is 1.65 bits per heavy atom. The van der Waals surface area contributed by atoms with Crippen LogP contribution in [0.3, 0.4) is 0 Å². The van der Waals surface area contributed by atoms with Crippen LogP contribution in [0.25, 0.3) is 0 Å². The van der Waals surface area contributed by atoms with Gasteiger partial charge in [0.2, 0.25) is 0 Å². The number of nitrogens with one attached hydrogen (secondary N) is 1. The molecule has 5 heteroatoms. The Labute approximate surface area is 133 Å². The van der Waals surface area contributed by atoms with E-state index in [2.05, 4.69) is 5.32 Å². The fourth-order valence-corrected chi connectivity index (χ4v) is 2.37. The molecule has 2 aromatic rings. The molecule has 0 radical (unpaired) electrons. The van der Waals surface area contributed by atoms with Crippen LogP contribution in [0.15, 0.2) is 36.4 Å². The molecule has 0 spiro atoms. The van der Waals surface area contributed by atoms with Gasteiger partial charge in [-0.15, -0.1) is 0 Å². The van der Waals surface area contributed by atoms with Crippen LogP contribution in [0.5, 0.6) is 5.75 Å². The lowest BCUT2D eigenvalue weighted by Gasteiger charge is -2.17. The normalized spacial score (nSPS) is 12.1. The predicted octanol–water partition coefficient (Wildman–Crippen LogP) is 5.83. The van der Waals surface area contributed by atoms with Crippen molar-refractivity contribution in [3.05, 3.63) is 57.0 Å². The van der Waals surface area contributed by atoms with Gasteiger partial charge in [0, 0.05) is 17.8 Å². The Morgan fingerprint density at radius 1 is 0.950 bits per heavy atom. The second kappa shape index (κ2) is 6.57. The second-order valence-corrected chi connectivity index (χ2v) is 5.61. The third-order valence-electron chi connectivity index (χ3n) is 2.98. The van der Waals surface area contributed by atoms with Crippen molar-refractivity contribution in [3.8, 4) is 5.75 Å². The summed E-state index contributed by atoms with van der Waals surface area (Å²) in [5.41, 5.74) is 1.97. The second-order valence-electron chi connectivity index (χ2n) is 4.39. The first kappa shape index (κ1) is 15.3. The van der Waals surface area contributed by atoms with Gasteiger partial charge in [-0.25, -0.2) is 0 Å². The summed E-state index contributed by atoms with van der Waals surface area (Å²) in [4.78, 5) is 0. The Kier molecular flexibility index (Phi) is 5.03. The van der Waals surface area contributed by atoms with E-state index in [1.165, 1.54) is 0 Å². The molecular weight excluding hydrogens is 317 g/mol. The number of halogens is 3. The van der Waals surface area contributed by atoms with Gasteiger partial charge in [0.05, 0.1) is 22.2 Å². The van der Waals surface area contributed by atoms with Crippen molar-refractivity contribution in [2.75, 3.05) is 12.4 Å². The summed E-state index contributed by atoms with van der Waals surface area (Å²) in [6.45, 7) is 2.04. The van der Waals surface area contributed by atoms with Gasteiger partial charge >= 0.3 is 0 Å². The molecule has 1 N–H and O–H groups in total. The van der Waals surface area contributed by atoms with Crippen LogP contribution in [0.4, 0.5) is 5.69 Å². The molecule has 2 rings (SSSR count). The summed E-state index contributed by atoms with van der Waals surface area (Å²) in [6, 6.07) is 11.2. The number of hydrogen-bond acceptors (Lipinski definition) is 2. The third kappa shape index (κ3) is 3.51. The van der Waals surface area contributed by atoms with Gasteiger partial charge in [-0.2, -0.15) is 0 Å². The van der Waals surface area contributed by atoms with Crippen LogP contribution in [-0.2, 0) is 0 Å². The van der Waals surface area contributed by atoms with Crippen molar-refractivity contribution < 1.29 is 4.74 Å². The molecule has 0 amide bonds. The lowest BCUT2D eigenvalue weighted by atomic mass is 10.1. The summed E-state index contributed by atoms with van der Waals surface area (Å²) in [5, 5.41) is 5.05. The van der Waals surface area contributed by atoms with Crippen molar-refractivity contribution in [2.24, 2.45) is 0 Å². The summed E-state index contributed by atoms with van der Waals surface area (Å²) in [5.74, 6) is 0.637. The van der Waals surface area contributed by atoms with E-state index in [-0.39, 0.29) is 6.04 Å². The topological polar surface area (TPSA) is 21.3 Å². The molecule has 0 saturated carbocycles. The van der Waals surface area contributed by atoms with E-state index < -0.39 is 0 Å². The van der Waals surface area contributed by atoms with Crippen LogP contribution < -0.4 is 10.1 Å². The van der Waals surface area contributed by atoms with Crippen LogP contribution in [0.2, 0.25) is 15.1 Å². The van der Waals surface area contributed by atoms with E-state index >= 15 is 0 Å². The van der Waals surface area contributed by atoms with Gasteiger partial charge in [0.25, 0.3) is 0 Å². The van der Waals surface area contributed by atoms with Crippen molar-refractivity contribution in [1.82, 2.24) is 0 Å². The highest BCUT2D eigenvalue weighted by atomic mass is 35.5. The highest BCUT2D eigenvalue weighted by Gasteiger charge is 2.09. The zero-order chi connectivity index (χ0) is 14.7. The smallest absolute Gasteiger partial charge is 0.139 e. The number of benzene rings is 2. The molecule has 2 aromatic carbocycles. The Hall–Kier alpha value is -1.09. The van der Waals surface area contributed by atoms with E-state index in [0.29, 0.717) is 20.8 Å². The lowest BCUT2D eigenvalue weighted by Crippen LogP contribution is -2.06. The first-order valence-electron chi connectivity index (χ1n) is 6.06. The average Bonchev–Trinajstić information content (AvgIpc) is 2.43. The first-order chi connectivity index (χ1) is 9.51. The Balaban J connectivity index is 2.18. The zero-order valence-electron chi connectivity index (χ0n) is 11.1. The lowest BCUT2D eigenvalue weighted by molar-refractivity contribution is 0.415. The molecule has 20 heavy (non-hydrogen) atoms. The highest BCUT2D eigenvalue weighted by Crippen LogP contribution is 2.31. The van der Waals surface area contributed by atoms with Crippen LogP contribution >= 0.6 is 34.8 Å². The number of rotatable bonds is 4. The number of methoxy groups -OCH3 is 1. The van der Waals surface area contributed by atoms with Crippen molar-refractivity contribution >= 4 is 40.5 Å². The quantitative estimate of drug-likeness (QED) is 0.761. The molecule has 0 fully saturated rings. The molecule has 0 aliphatic carbocycles. The van der Waals surface area contributed by atoms with Crippen LogP contribution in [-0.4, -0.2) is 7.11 Å². The van der Waals surface area contributed by atoms with Crippen molar-refractivity contribution in [3.63, 3.8) is 0 Å². The van der Waals surface area contributed by atoms with E-state index in [1.807, 2.05) is 31.2 Å². The zero-order valence-corrected chi connectivity index (χ0v) is 13.4. The monoisotopic (exact) mass is 329 g/mol. The fourth-order valence-electron chi connectivity index (χ4n) is 1.86. The minimum absolute atomic E-state index is 0.0793. The van der Waals surface area contributed by atoms with Crippen LogP contribution in [0, 0.1) is 0 Å². The molecule has 0 heterocycles. The SMILES string of the molecule is COc1cc(NC(C)c2ccc(Cl)c(Cl)c2)ccc1Cl. The Bertz CT molecular complexity index is 616. The minimum atomic E-state index is 0.0793. The van der Waals surface area contributed by atoms with Gasteiger partial charge in [-0.05, 0) is 36.8 Å². The maximum atomic E-state index is 6.03. The number of anilines is 1. The molecule has 0 aliphatic heterocycles. The van der Waals surface area contributed by atoms with Crippen molar-refractivity contribution in [2.45, 2.75) is 13.0 Å². The molecule has 2 nitrogen and oxygen atoms in total. The largest absolute Gasteiger partial charge is 0.495 e. The van der Waals surface area contributed by atoms with Gasteiger partial charge < -0.3 is 10.1 Å². The van der Waals surface area contributed by atoms with E-state index in [4.69, 9.17) is 39.5 Å². The molecule has 0 saturated heterocycles. The molecule has 0 bridgehead atoms. The van der Waals surface area contributed by atoms with Gasteiger partial charge in [0.1, 0.15) is 5.75 Å². The molecule has 1 unspecified atom stereocenters. The summed E-state index contributed by atoms with van der Waals surface area (Å²) in [6.07, 6.45) is 0. The molecule has 1 atom stereocenters. The average molecular weight is 331 g/mol. The molecule has 0 aromatic heterocycles. The third-order valence-corrected chi connectivity index (χ3v) is 4.03. The standard InChI is InChI=1S/C15H14Cl3NO/c1-9(10-3-5-12(16)14(18)7-10)19-11-4-6-13(17)15(8-11)20-2/h3-9,19H,1-2H3.